The van der Waals surface area contributed by atoms with Crippen molar-refractivity contribution in [3.8, 4) is 0 Å². The number of sulfonamides is 1. The van der Waals surface area contributed by atoms with Crippen LogP contribution in [0.5, 0.6) is 0 Å². The van der Waals surface area contributed by atoms with E-state index in [2.05, 4.69) is 9.71 Å². The van der Waals surface area contributed by atoms with Crippen LogP contribution in [0.2, 0.25) is 5.02 Å². The molecule has 0 fully saturated rings. The molecule has 1 aromatic heterocycles. The summed E-state index contributed by atoms with van der Waals surface area (Å²) in [4.78, 5) is 5.34. The Morgan fingerprint density at radius 1 is 1.29 bits per heavy atom. The Labute approximate surface area is 127 Å². The van der Waals surface area contributed by atoms with Crippen LogP contribution < -0.4 is 9.62 Å². The molecule has 21 heavy (non-hydrogen) atoms. The molecule has 0 atom stereocenters. The van der Waals surface area contributed by atoms with Crippen LogP contribution in [0.4, 0.5) is 15.8 Å². The molecular weight excluding hydrogens is 317 g/mol. The molecule has 0 aliphatic rings. The van der Waals surface area contributed by atoms with Gasteiger partial charge in [-0.15, -0.1) is 0 Å². The van der Waals surface area contributed by atoms with Gasteiger partial charge in [0.15, 0.2) is 5.82 Å². The monoisotopic (exact) mass is 329 g/mol. The van der Waals surface area contributed by atoms with E-state index in [1.165, 1.54) is 18.3 Å². The lowest BCUT2D eigenvalue weighted by atomic mass is 10.3. The molecule has 0 radical (unpaired) electrons. The van der Waals surface area contributed by atoms with Gasteiger partial charge in [0.2, 0.25) is 5.03 Å². The van der Waals surface area contributed by atoms with E-state index in [-0.39, 0.29) is 5.69 Å². The molecular formula is C13H13ClFN3O2S. The van der Waals surface area contributed by atoms with Crippen molar-refractivity contribution in [2.75, 3.05) is 23.7 Å². The highest BCUT2D eigenvalue weighted by Gasteiger charge is 2.20. The van der Waals surface area contributed by atoms with Crippen molar-refractivity contribution in [3.63, 3.8) is 0 Å². The Morgan fingerprint density at radius 2 is 2.00 bits per heavy atom. The van der Waals surface area contributed by atoms with Crippen molar-refractivity contribution in [3.05, 3.63) is 47.4 Å². The van der Waals surface area contributed by atoms with Crippen LogP contribution in [0.25, 0.3) is 0 Å². The number of pyridine rings is 1. The quantitative estimate of drug-likeness (QED) is 0.937. The van der Waals surface area contributed by atoms with Crippen LogP contribution in [0.15, 0.2) is 41.6 Å². The first kappa shape index (κ1) is 15.5. The molecule has 8 heteroatoms. The molecule has 0 bridgehead atoms. The van der Waals surface area contributed by atoms with E-state index in [1.54, 1.807) is 17.0 Å². The topological polar surface area (TPSA) is 62.3 Å². The van der Waals surface area contributed by atoms with Crippen LogP contribution in [0.3, 0.4) is 0 Å². The zero-order valence-electron chi connectivity index (χ0n) is 11.3. The van der Waals surface area contributed by atoms with Crippen LogP contribution in [-0.4, -0.2) is 27.5 Å². The highest BCUT2D eigenvalue weighted by atomic mass is 35.5. The highest BCUT2D eigenvalue weighted by molar-refractivity contribution is 7.92. The summed E-state index contributed by atoms with van der Waals surface area (Å²) in [5.41, 5.74) is 0.972. The lowest BCUT2D eigenvalue weighted by molar-refractivity contribution is 0.557. The minimum atomic E-state index is -4.10. The van der Waals surface area contributed by atoms with Gasteiger partial charge in [-0.2, -0.15) is 8.42 Å². The summed E-state index contributed by atoms with van der Waals surface area (Å²) < 4.78 is 39.9. The molecule has 0 amide bonds. The van der Waals surface area contributed by atoms with Gasteiger partial charge in [-0.25, -0.2) is 9.37 Å². The van der Waals surface area contributed by atoms with Crippen LogP contribution in [0.1, 0.15) is 0 Å². The van der Waals surface area contributed by atoms with E-state index in [9.17, 15) is 12.8 Å². The SMILES string of the molecule is CN(C)c1ccc(NS(=O)(=O)c2ncccc2F)cc1Cl. The molecule has 1 aromatic carbocycles. The van der Waals surface area contributed by atoms with Crippen molar-refractivity contribution in [1.29, 1.82) is 0 Å². The molecule has 0 aliphatic heterocycles. The standard InChI is InChI=1S/C13H13ClFN3O2S/c1-18(2)12-6-5-9(8-10(12)14)17-21(19,20)13-11(15)4-3-7-16-13/h3-8,17H,1-2H3. The summed E-state index contributed by atoms with van der Waals surface area (Å²) in [6.45, 7) is 0. The second-order valence-corrected chi connectivity index (χ2v) is 6.46. The van der Waals surface area contributed by atoms with E-state index in [4.69, 9.17) is 11.6 Å². The highest BCUT2D eigenvalue weighted by Crippen LogP contribution is 2.28. The Kier molecular flexibility index (Phi) is 4.34. The van der Waals surface area contributed by atoms with Crippen LogP contribution in [-0.2, 0) is 10.0 Å². The van der Waals surface area contributed by atoms with E-state index < -0.39 is 20.9 Å². The fourth-order valence-corrected chi connectivity index (χ4v) is 3.11. The van der Waals surface area contributed by atoms with Gasteiger partial charge in [0.25, 0.3) is 10.0 Å². The zero-order valence-corrected chi connectivity index (χ0v) is 12.9. The molecule has 2 rings (SSSR count). The maximum absolute atomic E-state index is 13.5. The molecule has 112 valence electrons. The first-order valence-electron chi connectivity index (χ1n) is 5.91. The maximum atomic E-state index is 13.5. The number of hydrogen-bond donors (Lipinski definition) is 1. The van der Waals surface area contributed by atoms with Crippen molar-refractivity contribution >= 4 is 33.0 Å². The second kappa shape index (κ2) is 5.87. The van der Waals surface area contributed by atoms with E-state index in [0.29, 0.717) is 5.02 Å². The Balaban J connectivity index is 2.34. The number of anilines is 2. The largest absolute Gasteiger partial charge is 0.376 e. The lowest BCUT2D eigenvalue weighted by Crippen LogP contribution is -2.16. The number of hydrogen-bond acceptors (Lipinski definition) is 4. The lowest BCUT2D eigenvalue weighted by Gasteiger charge is -2.15. The number of aromatic nitrogens is 1. The van der Waals surface area contributed by atoms with Crippen molar-refractivity contribution < 1.29 is 12.8 Å². The smallest absolute Gasteiger partial charge is 0.282 e. The normalized spacial score (nSPS) is 11.2. The third-order valence-electron chi connectivity index (χ3n) is 2.66. The second-order valence-electron chi connectivity index (χ2n) is 4.46. The predicted molar refractivity (Wildman–Crippen MR) is 80.8 cm³/mol. The van der Waals surface area contributed by atoms with Gasteiger partial charge in [0, 0.05) is 20.3 Å². The molecule has 0 unspecified atom stereocenters. The molecule has 0 saturated carbocycles. The zero-order chi connectivity index (χ0) is 15.6. The first-order chi connectivity index (χ1) is 9.81. The first-order valence-corrected chi connectivity index (χ1v) is 7.77. The van der Waals surface area contributed by atoms with E-state index in [1.807, 2.05) is 14.1 Å². The summed E-state index contributed by atoms with van der Waals surface area (Å²) in [5, 5.41) is -0.278. The van der Waals surface area contributed by atoms with Crippen molar-refractivity contribution in [2.24, 2.45) is 0 Å². The average molecular weight is 330 g/mol. The Bertz CT molecular complexity index is 766. The minimum Gasteiger partial charge on any atom is -0.376 e. The summed E-state index contributed by atoms with van der Waals surface area (Å²) in [6.07, 6.45) is 1.21. The minimum absolute atomic E-state index is 0.232. The number of nitrogens with zero attached hydrogens (tertiary/aromatic N) is 2. The van der Waals surface area contributed by atoms with Crippen LogP contribution in [0, 0.1) is 5.82 Å². The average Bonchev–Trinajstić information content (AvgIpc) is 2.38. The summed E-state index contributed by atoms with van der Waals surface area (Å²) >= 11 is 6.06. The number of halogens is 2. The molecule has 0 aliphatic carbocycles. The van der Waals surface area contributed by atoms with Gasteiger partial charge in [-0.1, -0.05) is 11.6 Å². The summed E-state index contributed by atoms with van der Waals surface area (Å²) in [6, 6.07) is 7.00. The van der Waals surface area contributed by atoms with E-state index in [0.717, 1.165) is 11.8 Å². The molecule has 2 aromatic rings. The Morgan fingerprint density at radius 3 is 2.57 bits per heavy atom. The summed E-state index contributed by atoms with van der Waals surface area (Å²) in [7, 11) is -0.475. The van der Waals surface area contributed by atoms with Crippen molar-refractivity contribution in [2.45, 2.75) is 5.03 Å². The van der Waals surface area contributed by atoms with Gasteiger partial charge in [0.1, 0.15) is 0 Å². The van der Waals surface area contributed by atoms with Gasteiger partial charge >= 0.3 is 0 Å². The van der Waals surface area contributed by atoms with Crippen LogP contribution >= 0.6 is 11.6 Å². The predicted octanol–water partition coefficient (Wildman–Crippen LogP) is 2.74. The molecule has 0 saturated heterocycles. The fraction of sp³-hybridized carbons (Fsp3) is 0.154. The van der Waals surface area contributed by atoms with Gasteiger partial charge in [0.05, 0.1) is 16.4 Å². The van der Waals surface area contributed by atoms with Gasteiger partial charge in [-0.05, 0) is 30.3 Å². The van der Waals surface area contributed by atoms with Gasteiger partial charge in [-0.3, -0.25) is 4.72 Å². The Hall–Kier alpha value is -1.86. The molecule has 0 spiro atoms. The molecule has 1 N–H and O–H groups in total. The van der Waals surface area contributed by atoms with Gasteiger partial charge < -0.3 is 4.90 Å². The summed E-state index contributed by atoms with van der Waals surface area (Å²) in [5.74, 6) is -0.916. The number of benzene rings is 1. The van der Waals surface area contributed by atoms with Crippen molar-refractivity contribution in [1.82, 2.24) is 4.98 Å². The van der Waals surface area contributed by atoms with E-state index >= 15 is 0 Å². The number of rotatable bonds is 4. The third kappa shape index (κ3) is 3.43. The molecule has 5 nitrogen and oxygen atoms in total. The number of nitrogens with one attached hydrogen (secondary N) is 1. The molecule has 1 heterocycles. The fourth-order valence-electron chi connectivity index (χ4n) is 1.71. The maximum Gasteiger partial charge on any atom is 0.282 e. The third-order valence-corrected chi connectivity index (χ3v) is 4.28.